The number of aromatic nitrogens is 1. The minimum Gasteiger partial charge on any atom is -0.395 e. The molecule has 26 heavy (non-hydrogen) atoms. The van der Waals surface area contributed by atoms with Crippen LogP contribution < -0.4 is 0 Å². The number of benzene rings is 2. The quantitative estimate of drug-likeness (QED) is 0.687. The van der Waals surface area contributed by atoms with E-state index < -0.39 is 0 Å². The molecule has 4 nitrogen and oxygen atoms in total. The second-order valence-corrected chi connectivity index (χ2v) is 7.30. The number of aryl methyl sites for hydroxylation is 1. The normalized spacial score (nSPS) is 17.8. The first kappa shape index (κ1) is 17.0. The Morgan fingerprint density at radius 3 is 2.88 bits per heavy atom. The van der Waals surface area contributed by atoms with Gasteiger partial charge in [0.2, 0.25) is 0 Å². The minimum atomic E-state index is 0.233. The SMILES string of the molecule is Cc1cc(C=O)cc(-c2ccc3[nH]c(CN4CCCC4CO)cc3c2)c1. The first-order chi connectivity index (χ1) is 12.7. The van der Waals surface area contributed by atoms with Crippen LogP contribution >= 0.6 is 0 Å². The van der Waals surface area contributed by atoms with Gasteiger partial charge in [-0.1, -0.05) is 12.1 Å². The highest BCUT2D eigenvalue weighted by Gasteiger charge is 2.23. The predicted octanol–water partition coefficient (Wildman–Crippen LogP) is 3.91. The van der Waals surface area contributed by atoms with E-state index >= 15 is 0 Å². The molecule has 1 aromatic heterocycles. The topological polar surface area (TPSA) is 56.3 Å². The Labute approximate surface area is 153 Å². The van der Waals surface area contributed by atoms with E-state index in [1.54, 1.807) is 0 Å². The Hall–Kier alpha value is -2.43. The number of carbonyl (C=O) groups excluding carboxylic acids is 1. The summed E-state index contributed by atoms with van der Waals surface area (Å²) in [5.74, 6) is 0. The summed E-state index contributed by atoms with van der Waals surface area (Å²) in [6, 6.07) is 14.8. The molecule has 1 aliphatic heterocycles. The van der Waals surface area contributed by atoms with Crippen LogP contribution in [0.1, 0.15) is 34.5 Å². The summed E-state index contributed by atoms with van der Waals surface area (Å²) in [7, 11) is 0. The number of aldehydes is 1. The average molecular weight is 348 g/mol. The zero-order valence-corrected chi connectivity index (χ0v) is 15.0. The van der Waals surface area contributed by atoms with Crippen molar-refractivity contribution in [2.24, 2.45) is 0 Å². The van der Waals surface area contributed by atoms with Gasteiger partial charge in [-0.05, 0) is 73.3 Å². The van der Waals surface area contributed by atoms with E-state index in [9.17, 15) is 9.90 Å². The summed E-state index contributed by atoms with van der Waals surface area (Å²) in [6.07, 6.45) is 3.13. The van der Waals surface area contributed by atoms with Crippen molar-refractivity contribution in [3.8, 4) is 11.1 Å². The molecule has 1 atom stereocenters. The number of nitrogens with zero attached hydrogens (tertiary/aromatic N) is 1. The third kappa shape index (κ3) is 3.30. The van der Waals surface area contributed by atoms with Crippen molar-refractivity contribution in [3.05, 3.63) is 59.3 Å². The first-order valence-electron chi connectivity index (χ1n) is 9.20. The van der Waals surface area contributed by atoms with Crippen LogP contribution in [-0.2, 0) is 6.54 Å². The molecule has 0 spiro atoms. The number of carbonyl (C=O) groups is 1. The molecule has 1 unspecified atom stereocenters. The molecule has 1 aliphatic rings. The van der Waals surface area contributed by atoms with Crippen LogP contribution in [0.15, 0.2) is 42.5 Å². The maximum atomic E-state index is 11.1. The lowest BCUT2D eigenvalue weighted by Gasteiger charge is -2.21. The van der Waals surface area contributed by atoms with Gasteiger partial charge >= 0.3 is 0 Å². The molecule has 2 N–H and O–H groups in total. The van der Waals surface area contributed by atoms with E-state index in [0.29, 0.717) is 5.56 Å². The van der Waals surface area contributed by atoms with Crippen molar-refractivity contribution in [1.29, 1.82) is 0 Å². The number of aromatic amines is 1. The van der Waals surface area contributed by atoms with Gasteiger partial charge in [0, 0.05) is 34.7 Å². The second kappa shape index (κ2) is 7.06. The molecule has 2 aromatic carbocycles. The summed E-state index contributed by atoms with van der Waals surface area (Å²) in [5.41, 5.74) is 6.27. The monoisotopic (exact) mass is 348 g/mol. The van der Waals surface area contributed by atoms with Crippen LogP contribution in [0.3, 0.4) is 0 Å². The number of nitrogens with one attached hydrogen (secondary N) is 1. The molecule has 0 saturated carbocycles. The second-order valence-electron chi connectivity index (χ2n) is 7.30. The van der Waals surface area contributed by atoms with E-state index in [2.05, 4.69) is 40.2 Å². The number of likely N-dealkylation sites (tertiary alicyclic amines) is 1. The number of aliphatic hydroxyl groups excluding tert-OH is 1. The number of fused-ring (bicyclic) bond motifs is 1. The molecule has 4 heteroatoms. The van der Waals surface area contributed by atoms with Gasteiger partial charge in [0.05, 0.1) is 6.61 Å². The molecule has 1 saturated heterocycles. The Bertz CT molecular complexity index is 944. The van der Waals surface area contributed by atoms with Crippen molar-refractivity contribution in [2.75, 3.05) is 13.2 Å². The molecule has 2 heterocycles. The maximum Gasteiger partial charge on any atom is 0.150 e. The van der Waals surface area contributed by atoms with Crippen molar-refractivity contribution in [3.63, 3.8) is 0 Å². The van der Waals surface area contributed by atoms with Gasteiger partial charge < -0.3 is 10.1 Å². The molecule has 0 amide bonds. The van der Waals surface area contributed by atoms with E-state index in [1.165, 1.54) is 11.1 Å². The third-order valence-electron chi connectivity index (χ3n) is 5.33. The lowest BCUT2D eigenvalue weighted by Crippen LogP contribution is -2.31. The number of H-pyrrole nitrogens is 1. The van der Waals surface area contributed by atoms with Crippen molar-refractivity contribution >= 4 is 17.2 Å². The summed E-state index contributed by atoms with van der Waals surface area (Å²) in [5, 5.41) is 10.7. The van der Waals surface area contributed by atoms with E-state index in [0.717, 1.165) is 54.4 Å². The Kier molecular flexibility index (Phi) is 4.62. The Balaban J connectivity index is 1.64. The number of hydrogen-bond donors (Lipinski definition) is 2. The lowest BCUT2D eigenvalue weighted by atomic mass is 9.99. The van der Waals surface area contributed by atoms with Crippen LogP contribution in [0.5, 0.6) is 0 Å². The van der Waals surface area contributed by atoms with Gasteiger partial charge in [0.15, 0.2) is 0 Å². The van der Waals surface area contributed by atoms with E-state index in [4.69, 9.17) is 0 Å². The molecule has 0 aliphatic carbocycles. The average Bonchev–Trinajstić information content (AvgIpc) is 3.26. The molecular formula is C22H24N2O2. The summed E-state index contributed by atoms with van der Waals surface area (Å²) in [4.78, 5) is 17.0. The van der Waals surface area contributed by atoms with Crippen LogP contribution in [-0.4, -0.2) is 40.5 Å². The molecule has 1 fully saturated rings. The fraction of sp³-hybridized carbons (Fsp3) is 0.318. The van der Waals surface area contributed by atoms with Gasteiger partial charge in [0.25, 0.3) is 0 Å². The highest BCUT2D eigenvalue weighted by Crippen LogP contribution is 2.27. The molecule has 3 aromatic rings. The number of aliphatic hydroxyl groups is 1. The summed E-state index contributed by atoms with van der Waals surface area (Å²) >= 11 is 0. The zero-order valence-electron chi connectivity index (χ0n) is 15.0. The number of rotatable bonds is 5. The fourth-order valence-corrected chi connectivity index (χ4v) is 4.03. The third-order valence-corrected chi connectivity index (χ3v) is 5.33. The van der Waals surface area contributed by atoms with Gasteiger partial charge in [0.1, 0.15) is 6.29 Å². The molecule has 0 bridgehead atoms. The van der Waals surface area contributed by atoms with Crippen molar-refractivity contribution in [1.82, 2.24) is 9.88 Å². The van der Waals surface area contributed by atoms with E-state index in [1.807, 2.05) is 19.1 Å². The van der Waals surface area contributed by atoms with Crippen LogP contribution in [0.4, 0.5) is 0 Å². The Morgan fingerprint density at radius 1 is 1.19 bits per heavy atom. The summed E-state index contributed by atoms with van der Waals surface area (Å²) < 4.78 is 0. The lowest BCUT2D eigenvalue weighted by molar-refractivity contribution is 0.112. The van der Waals surface area contributed by atoms with Gasteiger partial charge in [-0.25, -0.2) is 0 Å². The number of hydrogen-bond acceptors (Lipinski definition) is 3. The van der Waals surface area contributed by atoms with Crippen LogP contribution in [0.25, 0.3) is 22.0 Å². The highest BCUT2D eigenvalue weighted by atomic mass is 16.3. The minimum absolute atomic E-state index is 0.233. The molecule has 134 valence electrons. The van der Waals surface area contributed by atoms with Gasteiger partial charge in [-0.3, -0.25) is 9.69 Å². The predicted molar refractivity (Wildman–Crippen MR) is 104 cm³/mol. The van der Waals surface area contributed by atoms with Gasteiger partial charge in [-0.2, -0.15) is 0 Å². The molecule has 0 radical (unpaired) electrons. The highest BCUT2D eigenvalue weighted by molar-refractivity contribution is 5.87. The first-order valence-corrected chi connectivity index (χ1v) is 9.20. The fourth-order valence-electron chi connectivity index (χ4n) is 4.03. The molecule has 4 rings (SSSR count). The van der Waals surface area contributed by atoms with Crippen LogP contribution in [0, 0.1) is 6.92 Å². The summed E-state index contributed by atoms with van der Waals surface area (Å²) in [6.45, 7) is 4.13. The molecular weight excluding hydrogens is 324 g/mol. The van der Waals surface area contributed by atoms with Crippen molar-refractivity contribution in [2.45, 2.75) is 32.4 Å². The maximum absolute atomic E-state index is 11.1. The Morgan fingerprint density at radius 2 is 2.08 bits per heavy atom. The van der Waals surface area contributed by atoms with E-state index in [-0.39, 0.29) is 12.6 Å². The zero-order chi connectivity index (χ0) is 18.1. The smallest absolute Gasteiger partial charge is 0.150 e. The van der Waals surface area contributed by atoms with Gasteiger partial charge in [-0.15, -0.1) is 0 Å². The van der Waals surface area contributed by atoms with Crippen molar-refractivity contribution < 1.29 is 9.90 Å². The largest absolute Gasteiger partial charge is 0.395 e. The van der Waals surface area contributed by atoms with Crippen LogP contribution in [0.2, 0.25) is 0 Å². The standard InChI is InChI=1S/C22H24N2O2/c1-15-7-16(13-25)9-18(8-15)17-4-5-22-19(10-17)11-20(23-22)12-24-6-2-3-21(24)14-26/h4-5,7-11,13,21,23,26H,2-3,6,12,14H2,1H3.